The molecule has 368 valence electrons. The fourth-order valence-corrected chi connectivity index (χ4v) is 7.90. The average molecular weight is 889 g/mol. The molecule has 3 N–H and O–H groups in total. The zero-order valence-corrected chi connectivity index (χ0v) is 42.3. The van der Waals surface area contributed by atoms with E-state index in [1.807, 2.05) is 6.08 Å². The Morgan fingerprint density at radius 3 is 1.09 bits per heavy atom. The Hall–Kier alpha value is -2.69. The van der Waals surface area contributed by atoms with Gasteiger partial charge in [0.2, 0.25) is 5.91 Å². The first-order valence-electron chi connectivity index (χ1n) is 27.5. The molecule has 0 fully saturated rings. The van der Waals surface area contributed by atoms with Gasteiger partial charge in [-0.3, -0.25) is 4.79 Å². The molecule has 0 rings (SSSR count). The summed E-state index contributed by atoms with van der Waals surface area (Å²) in [6.45, 7) is 4.18. The summed E-state index contributed by atoms with van der Waals surface area (Å²) in [5.74, 6) is -0.0747. The lowest BCUT2D eigenvalue weighted by molar-refractivity contribution is -0.123. The third-order valence-electron chi connectivity index (χ3n) is 12.1. The van der Waals surface area contributed by atoms with Crippen LogP contribution in [0.3, 0.4) is 0 Å². The Labute approximate surface area is 398 Å². The minimum atomic E-state index is -0.865. The molecule has 2 unspecified atom stereocenters. The van der Waals surface area contributed by atoms with Gasteiger partial charge in [-0.05, 0) is 83.5 Å². The summed E-state index contributed by atoms with van der Waals surface area (Å²) in [5, 5.41) is 23.1. The molecule has 0 spiro atoms. The maximum atomic E-state index is 12.4. The molecule has 1 amide bonds. The highest BCUT2D eigenvalue weighted by molar-refractivity contribution is 5.76. The van der Waals surface area contributed by atoms with Crippen molar-refractivity contribution in [3.8, 4) is 0 Å². The molecule has 0 aromatic carbocycles. The number of hydrogen-bond donors (Lipinski definition) is 3. The molecule has 0 aromatic heterocycles. The van der Waals surface area contributed by atoms with Crippen LogP contribution in [0.1, 0.15) is 258 Å². The topological polar surface area (TPSA) is 69.6 Å². The van der Waals surface area contributed by atoms with Gasteiger partial charge in [0.25, 0.3) is 0 Å². The zero-order valence-electron chi connectivity index (χ0n) is 42.3. The van der Waals surface area contributed by atoms with Gasteiger partial charge in [-0.1, -0.05) is 265 Å². The molecular weight excluding hydrogens is 783 g/mol. The molecule has 0 heterocycles. The summed E-state index contributed by atoms with van der Waals surface area (Å²) in [7, 11) is 0. The summed E-state index contributed by atoms with van der Waals surface area (Å²) in [6, 6.07) is -0.642. The molecule has 4 nitrogen and oxygen atoms in total. The van der Waals surface area contributed by atoms with Crippen molar-refractivity contribution in [1.82, 2.24) is 5.32 Å². The molecule has 0 aliphatic carbocycles. The number of aliphatic hydroxyl groups is 2. The molecule has 0 aliphatic rings. The van der Waals surface area contributed by atoms with Gasteiger partial charge in [0.1, 0.15) is 0 Å². The molecule has 0 saturated heterocycles. The Kier molecular flexibility index (Phi) is 52.3. The van der Waals surface area contributed by atoms with E-state index in [0.717, 1.165) is 70.6 Å². The number of amides is 1. The number of rotatable bonds is 49. The number of carbonyl (C=O) groups excluding carboxylic acids is 1. The molecule has 64 heavy (non-hydrogen) atoms. The van der Waals surface area contributed by atoms with Gasteiger partial charge >= 0.3 is 0 Å². The van der Waals surface area contributed by atoms with Gasteiger partial charge in [-0.2, -0.15) is 0 Å². The summed E-state index contributed by atoms with van der Waals surface area (Å²) in [5.41, 5.74) is 0. The van der Waals surface area contributed by atoms with Crippen LogP contribution in [0.4, 0.5) is 0 Å². The Bertz CT molecular complexity index is 1190. The van der Waals surface area contributed by atoms with Crippen LogP contribution < -0.4 is 5.32 Å². The molecule has 0 radical (unpaired) electrons. The van der Waals surface area contributed by atoms with Crippen LogP contribution in [0.5, 0.6) is 0 Å². The van der Waals surface area contributed by atoms with Gasteiger partial charge in [0, 0.05) is 6.42 Å². The van der Waals surface area contributed by atoms with Crippen LogP contribution in [-0.2, 0) is 4.79 Å². The van der Waals surface area contributed by atoms with Crippen molar-refractivity contribution in [2.45, 2.75) is 270 Å². The number of allylic oxidation sites excluding steroid dienone is 15. The summed E-state index contributed by atoms with van der Waals surface area (Å²) >= 11 is 0. The Morgan fingerprint density at radius 1 is 0.391 bits per heavy atom. The predicted octanol–water partition coefficient (Wildman–Crippen LogP) is 18.1. The van der Waals surface area contributed by atoms with E-state index in [1.54, 1.807) is 6.08 Å². The lowest BCUT2D eigenvalue weighted by Crippen LogP contribution is -2.45. The Balaban J connectivity index is 3.51. The summed E-state index contributed by atoms with van der Waals surface area (Å²) < 4.78 is 0. The van der Waals surface area contributed by atoms with Crippen LogP contribution in [0.25, 0.3) is 0 Å². The number of aliphatic hydroxyl groups excluding tert-OH is 2. The molecule has 0 aliphatic heterocycles. The van der Waals surface area contributed by atoms with Crippen molar-refractivity contribution in [2.75, 3.05) is 6.61 Å². The average Bonchev–Trinajstić information content (AvgIpc) is 3.30. The molecular formula is C60H105NO3. The number of carbonyl (C=O) groups is 1. The van der Waals surface area contributed by atoms with Gasteiger partial charge in [0.15, 0.2) is 0 Å². The van der Waals surface area contributed by atoms with E-state index < -0.39 is 12.1 Å². The number of nitrogens with one attached hydrogen (secondary N) is 1. The van der Waals surface area contributed by atoms with E-state index in [-0.39, 0.29) is 12.5 Å². The van der Waals surface area contributed by atoms with E-state index in [0.29, 0.717) is 6.42 Å². The van der Waals surface area contributed by atoms with Crippen LogP contribution in [0, 0.1) is 0 Å². The third kappa shape index (κ3) is 50.3. The summed E-state index contributed by atoms with van der Waals surface area (Å²) in [4.78, 5) is 12.4. The zero-order chi connectivity index (χ0) is 46.3. The monoisotopic (exact) mass is 888 g/mol. The first-order chi connectivity index (χ1) is 31.7. The molecule has 0 aromatic rings. The fraction of sp³-hybridized carbons (Fsp3) is 0.717. The largest absolute Gasteiger partial charge is 0.394 e. The number of unbranched alkanes of at least 4 members (excludes halogenated alkanes) is 28. The van der Waals surface area contributed by atoms with Crippen molar-refractivity contribution < 1.29 is 15.0 Å². The normalized spacial score (nSPS) is 13.6. The van der Waals surface area contributed by atoms with Crippen LogP contribution in [-0.4, -0.2) is 34.9 Å². The predicted molar refractivity (Wildman–Crippen MR) is 285 cm³/mol. The SMILES string of the molecule is CC/C=C\C/C=C\C/C=C\C/C=C\C/C=C\C/C=C\CCCCCCCCCCCCCCCCCCCCC(=O)NC(CO)C(O)/C=C/CC/C=C/CCCCCCCCCCC. The lowest BCUT2D eigenvalue weighted by atomic mass is 10.0. The fourth-order valence-electron chi connectivity index (χ4n) is 7.90. The van der Waals surface area contributed by atoms with Gasteiger partial charge in [-0.15, -0.1) is 0 Å². The van der Waals surface area contributed by atoms with Crippen molar-refractivity contribution in [3.05, 3.63) is 97.2 Å². The van der Waals surface area contributed by atoms with Gasteiger partial charge in [-0.25, -0.2) is 0 Å². The van der Waals surface area contributed by atoms with E-state index in [1.165, 1.54) is 167 Å². The maximum Gasteiger partial charge on any atom is 0.220 e. The molecule has 0 saturated carbocycles. The van der Waals surface area contributed by atoms with Crippen molar-refractivity contribution in [3.63, 3.8) is 0 Å². The van der Waals surface area contributed by atoms with Crippen LogP contribution in [0.15, 0.2) is 97.2 Å². The Morgan fingerprint density at radius 2 is 0.703 bits per heavy atom. The van der Waals surface area contributed by atoms with Crippen molar-refractivity contribution >= 4 is 5.91 Å². The first-order valence-corrected chi connectivity index (χ1v) is 27.5. The second kappa shape index (κ2) is 54.6. The highest BCUT2D eigenvalue weighted by atomic mass is 16.3. The van der Waals surface area contributed by atoms with Crippen LogP contribution >= 0.6 is 0 Å². The van der Waals surface area contributed by atoms with Crippen molar-refractivity contribution in [1.29, 1.82) is 0 Å². The summed E-state index contributed by atoms with van der Waals surface area (Å²) in [6.07, 6.45) is 81.4. The van der Waals surface area contributed by atoms with E-state index in [9.17, 15) is 15.0 Å². The quantitative estimate of drug-likeness (QED) is 0.0421. The highest BCUT2D eigenvalue weighted by Crippen LogP contribution is 2.16. The first kappa shape index (κ1) is 61.3. The minimum Gasteiger partial charge on any atom is -0.394 e. The van der Waals surface area contributed by atoms with Crippen LogP contribution in [0.2, 0.25) is 0 Å². The van der Waals surface area contributed by atoms with Gasteiger partial charge in [0.05, 0.1) is 18.8 Å². The second-order valence-electron chi connectivity index (χ2n) is 18.3. The third-order valence-corrected chi connectivity index (χ3v) is 12.1. The maximum absolute atomic E-state index is 12.4. The van der Waals surface area contributed by atoms with E-state index in [4.69, 9.17) is 0 Å². The van der Waals surface area contributed by atoms with Crippen molar-refractivity contribution in [2.24, 2.45) is 0 Å². The van der Waals surface area contributed by atoms with E-state index in [2.05, 4.69) is 104 Å². The second-order valence-corrected chi connectivity index (χ2v) is 18.3. The highest BCUT2D eigenvalue weighted by Gasteiger charge is 2.17. The molecule has 0 bridgehead atoms. The molecule has 4 heteroatoms. The standard InChI is InChI=1S/C60H105NO3/c1-3-5-7-9-11-13-15-17-19-20-21-22-23-24-25-26-27-28-29-30-31-32-33-34-35-36-37-38-39-40-42-44-46-48-50-52-54-56-60(64)61-58(57-62)59(63)55-53-51-49-47-45-43-41-18-16-14-12-10-8-6-4-2/h5,7,11,13,17,19,21-22,24-25,27-28,45,47,53,55,58-59,62-63H,3-4,6,8-10,12,14-16,18,20,23,26,29-44,46,48-52,54,56-57H2,1-2H3,(H,61,64)/b7-5-,13-11-,19-17-,22-21-,25-24-,28-27-,47-45+,55-53+. The lowest BCUT2D eigenvalue weighted by Gasteiger charge is -2.19. The molecule has 2 atom stereocenters. The smallest absolute Gasteiger partial charge is 0.220 e. The van der Waals surface area contributed by atoms with Gasteiger partial charge < -0.3 is 15.5 Å². The number of hydrogen-bond acceptors (Lipinski definition) is 3. The minimum absolute atomic E-state index is 0.0747. The van der Waals surface area contributed by atoms with E-state index >= 15 is 0 Å².